The second-order valence-corrected chi connectivity index (χ2v) is 4.89. The third-order valence-corrected chi connectivity index (χ3v) is 3.08. The lowest BCUT2D eigenvalue weighted by Gasteiger charge is -2.22. The lowest BCUT2D eigenvalue weighted by molar-refractivity contribution is 0.147. The van der Waals surface area contributed by atoms with Crippen LogP contribution in [0.1, 0.15) is 32.4 Å². The molecule has 0 aliphatic carbocycles. The molecule has 0 aliphatic rings. The van der Waals surface area contributed by atoms with Gasteiger partial charge < -0.3 is 10.4 Å². The highest BCUT2D eigenvalue weighted by molar-refractivity contribution is 9.10. The molecule has 1 rings (SSSR count). The van der Waals surface area contributed by atoms with E-state index in [-0.39, 0.29) is 18.2 Å². The molecule has 0 spiro atoms. The fourth-order valence-corrected chi connectivity index (χ4v) is 1.82. The largest absolute Gasteiger partial charge is 0.392 e. The van der Waals surface area contributed by atoms with Gasteiger partial charge in [-0.1, -0.05) is 28.1 Å². The van der Waals surface area contributed by atoms with Crippen molar-refractivity contribution in [3.63, 3.8) is 0 Å². The summed E-state index contributed by atoms with van der Waals surface area (Å²) in [5, 5.41) is 12.8. The number of aliphatic hydroxyl groups is 1. The number of aliphatic hydroxyl groups excluding tert-OH is 1. The topological polar surface area (TPSA) is 32.3 Å². The Kier molecular flexibility index (Phi) is 4.77. The zero-order chi connectivity index (χ0) is 11.4. The van der Waals surface area contributed by atoms with Gasteiger partial charge in [0.2, 0.25) is 0 Å². The lowest BCUT2D eigenvalue weighted by Crippen LogP contribution is -2.37. The van der Waals surface area contributed by atoms with E-state index in [9.17, 15) is 5.11 Å². The second-order valence-electron chi connectivity index (χ2n) is 3.97. The molecule has 0 aliphatic heterocycles. The summed E-state index contributed by atoms with van der Waals surface area (Å²) in [6.07, 6.45) is -0.334. The molecule has 0 radical (unpaired) electrons. The molecule has 2 N–H and O–H groups in total. The van der Waals surface area contributed by atoms with E-state index >= 15 is 0 Å². The third-order valence-electron chi connectivity index (χ3n) is 2.59. The Bertz CT molecular complexity index is 314. The van der Waals surface area contributed by atoms with Crippen LogP contribution in [0.5, 0.6) is 0 Å². The van der Waals surface area contributed by atoms with E-state index in [1.165, 1.54) is 5.56 Å². The highest BCUT2D eigenvalue weighted by Crippen LogP contribution is 2.18. The van der Waals surface area contributed by atoms with Crippen molar-refractivity contribution in [3.8, 4) is 0 Å². The molecule has 0 amide bonds. The number of nitrogens with one attached hydrogen (secondary N) is 1. The molecule has 0 aromatic heterocycles. The van der Waals surface area contributed by atoms with Gasteiger partial charge in [-0.25, -0.2) is 0 Å². The fraction of sp³-hybridized carbons (Fsp3) is 0.500. The lowest BCUT2D eigenvalue weighted by atomic mass is 10.1. The minimum absolute atomic E-state index is 0.0963. The predicted octanol–water partition coefficient (Wildman–Crippen LogP) is 2.87. The van der Waals surface area contributed by atoms with Gasteiger partial charge in [0.1, 0.15) is 0 Å². The van der Waals surface area contributed by atoms with Gasteiger partial charge in [-0.2, -0.15) is 0 Å². The van der Waals surface area contributed by atoms with Crippen molar-refractivity contribution >= 4 is 15.9 Å². The van der Waals surface area contributed by atoms with E-state index in [4.69, 9.17) is 0 Å². The first kappa shape index (κ1) is 12.7. The highest BCUT2D eigenvalue weighted by atomic mass is 79.9. The zero-order valence-corrected chi connectivity index (χ0v) is 11.0. The van der Waals surface area contributed by atoms with Gasteiger partial charge in [-0.3, -0.25) is 0 Å². The van der Waals surface area contributed by atoms with Crippen molar-refractivity contribution in [3.05, 3.63) is 34.3 Å². The Balaban J connectivity index is 2.64. The molecule has 3 atom stereocenters. The van der Waals surface area contributed by atoms with Crippen LogP contribution in [0.15, 0.2) is 28.7 Å². The number of benzene rings is 1. The molecule has 0 bridgehead atoms. The van der Waals surface area contributed by atoms with Gasteiger partial charge >= 0.3 is 0 Å². The Morgan fingerprint density at radius 2 is 1.93 bits per heavy atom. The Morgan fingerprint density at radius 3 is 2.47 bits per heavy atom. The molecular formula is C12H18BrNO. The first-order chi connectivity index (χ1) is 7.00. The Labute approximate surface area is 99.8 Å². The smallest absolute Gasteiger partial charge is 0.0662 e. The van der Waals surface area contributed by atoms with Gasteiger partial charge in [-0.05, 0) is 38.5 Å². The Hall–Kier alpha value is -0.380. The van der Waals surface area contributed by atoms with Crippen LogP contribution >= 0.6 is 15.9 Å². The quantitative estimate of drug-likeness (QED) is 0.883. The van der Waals surface area contributed by atoms with Crippen LogP contribution in [0.25, 0.3) is 0 Å². The monoisotopic (exact) mass is 271 g/mol. The molecule has 1 aromatic carbocycles. The molecule has 0 saturated carbocycles. The predicted molar refractivity (Wildman–Crippen MR) is 66.8 cm³/mol. The summed E-state index contributed by atoms with van der Waals surface area (Å²) in [6.45, 7) is 5.88. The van der Waals surface area contributed by atoms with E-state index in [1.54, 1.807) is 6.92 Å². The van der Waals surface area contributed by atoms with E-state index in [0.717, 1.165) is 4.47 Å². The van der Waals surface area contributed by atoms with Gasteiger partial charge in [0.05, 0.1) is 6.10 Å². The van der Waals surface area contributed by atoms with E-state index in [1.807, 2.05) is 19.1 Å². The van der Waals surface area contributed by atoms with E-state index in [2.05, 4.69) is 40.3 Å². The van der Waals surface area contributed by atoms with E-state index < -0.39 is 0 Å². The van der Waals surface area contributed by atoms with Crippen molar-refractivity contribution in [2.45, 2.75) is 39.0 Å². The summed E-state index contributed by atoms with van der Waals surface area (Å²) < 4.78 is 1.08. The minimum atomic E-state index is -0.334. The van der Waals surface area contributed by atoms with Crippen molar-refractivity contribution in [2.24, 2.45) is 0 Å². The van der Waals surface area contributed by atoms with Crippen molar-refractivity contribution in [2.75, 3.05) is 0 Å². The van der Waals surface area contributed by atoms with Crippen LogP contribution in [0.2, 0.25) is 0 Å². The average molecular weight is 272 g/mol. The fourth-order valence-electron chi connectivity index (χ4n) is 1.41. The Morgan fingerprint density at radius 1 is 1.27 bits per heavy atom. The van der Waals surface area contributed by atoms with Crippen molar-refractivity contribution in [1.82, 2.24) is 5.32 Å². The molecular weight excluding hydrogens is 254 g/mol. The summed E-state index contributed by atoms with van der Waals surface area (Å²) in [5.74, 6) is 0. The van der Waals surface area contributed by atoms with Crippen molar-refractivity contribution < 1.29 is 5.11 Å². The maximum absolute atomic E-state index is 9.40. The molecule has 2 unspecified atom stereocenters. The molecule has 1 aromatic rings. The third kappa shape index (κ3) is 3.93. The summed E-state index contributed by atoms with van der Waals surface area (Å²) in [5.41, 5.74) is 1.22. The molecule has 15 heavy (non-hydrogen) atoms. The van der Waals surface area contributed by atoms with Gasteiger partial charge in [0, 0.05) is 16.6 Å². The van der Waals surface area contributed by atoms with Crippen LogP contribution in [0.3, 0.4) is 0 Å². The van der Waals surface area contributed by atoms with Crippen LogP contribution in [0.4, 0.5) is 0 Å². The maximum Gasteiger partial charge on any atom is 0.0662 e. The number of hydrogen-bond acceptors (Lipinski definition) is 2. The van der Waals surface area contributed by atoms with Crippen LogP contribution < -0.4 is 5.32 Å². The van der Waals surface area contributed by atoms with Crippen LogP contribution in [0, 0.1) is 0 Å². The molecule has 3 heteroatoms. The second kappa shape index (κ2) is 5.64. The van der Waals surface area contributed by atoms with Gasteiger partial charge in [0.15, 0.2) is 0 Å². The highest BCUT2D eigenvalue weighted by Gasteiger charge is 2.13. The summed E-state index contributed by atoms with van der Waals surface area (Å²) in [7, 11) is 0. The average Bonchev–Trinajstić information content (AvgIpc) is 2.17. The first-order valence-corrected chi connectivity index (χ1v) is 5.99. The summed E-state index contributed by atoms with van der Waals surface area (Å²) in [6, 6.07) is 8.54. The molecule has 0 heterocycles. The van der Waals surface area contributed by atoms with Crippen LogP contribution in [-0.2, 0) is 0 Å². The summed E-state index contributed by atoms with van der Waals surface area (Å²) in [4.78, 5) is 0. The summed E-state index contributed by atoms with van der Waals surface area (Å²) >= 11 is 3.45. The van der Waals surface area contributed by atoms with E-state index in [0.29, 0.717) is 0 Å². The van der Waals surface area contributed by atoms with Crippen molar-refractivity contribution in [1.29, 1.82) is 0 Å². The molecule has 84 valence electrons. The SMILES string of the molecule is CC(O)C(C)N[C@H](C)c1cccc(Br)c1. The number of halogens is 1. The molecule has 2 nitrogen and oxygen atoms in total. The maximum atomic E-state index is 9.40. The minimum Gasteiger partial charge on any atom is -0.392 e. The molecule has 0 saturated heterocycles. The number of hydrogen-bond donors (Lipinski definition) is 2. The van der Waals surface area contributed by atoms with Gasteiger partial charge in [0.25, 0.3) is 0 Å². The van der Waals surface area contributed by atoms with Crippen LogP contribution in [-0.4, -0.2) is 17.3 Å². The zero-order valence-electron chi connectivity index (χ0n) is 9.37. The first-order valence-electron chi connectivity index (χ1n) is 5.20. The standard InChI is InChI=1S/C12H18BrNO/c1-8(10(3)15)14-9(2)11-5-4-6-12(13)7-11/h4-10,14-15H,1-3H3/t8?,9-,10?/m1/s1. The number of rotatable bonds is 4. The normalized spacial score (nSPS) is 17.1. The molecule has 0 fully saturated rings. The van der Waals surface area contributed by atoms with Gasteiger partial charge in [-0.15, -0.1) is 0 Å².